The van der Waals surface area contributed by atoms with Crippen molar-refractivity contribution in [1.82, 2.24) is 0 Å². The Hall–Kier alpha value is -2.85. The lowest BCUT2D eigenvalue weighted by Gasteiger charge is -2.43. The van der Waals surface area contributed by atoms with Crippen LogP contribution in [0.2, 0.25) is 0 Å². The molecule has 0 spiro atoms. The topological polar surface area (TPSA) is 55.8 Å². The summed E-state index contributed by atoms with van der Waals surface area (Å²) in [6.45, 7) is 5.13. The van der Waals surface area contributed by atoms with Crippen LogP contribution in [0.25, 0.3) is 5.57 Å². The first-order valence-corrected chi connectivity index (χ1v) is 16.1. The number of phenols is 1. The van der Waals surface area contributed by atoms with Gasteiger partial charge in [-0.3, -0.25) is 4.79 Å². The SMILES string of the molecule is CCCCCC1CCC(C2(OCCCCCCOc3ccc(C(C)=O)c(O)c3)C=CC(c3ccccc3)=CC2)CC1. The number of phenolic OH excluding ortho intramolecular Hbond substituents is 1. The van der Waals surface area contributed by atoms with Crippen molar-refractivity contribution in [2.45, 2.75) is 103 Å². The molecule has 0 heterocycles. The van der Waals surface area contributed by atoms with E-state index in [1.54, 1.807) is 12.1 Å². The molecule has 4 nitrogen and oxygen atoms in total. The summed E-state index contributed by atoms with van der Waals surface area (Å²) >= 11 is 0. The zero-order chi connectivity index (χ0) is 28.9. The summed E-state index contributed by atoms with van der Waals surface area (Å²) in [6, 6.07) is 15.6. The molecule has 0 aromatic heterocycles. The van der Waals surface area contributed by atoms with Gasteiger partial charge in [-0.15, -0.1) is 0 Å². The number of aromatic hydroxyl groups is 1. The minimum Gasteiger partial charge on any atom is -0.507 e. The van der Waals surface area contributed by atoms with Gasteiger partial charge in [0, 0.05) is 12.7 Å². The summed E-state index contributed by atoms with van der Waals surface area (Å²) in [4.78, 5) is 11.5. The van der Waals surface area contributed by atoms with Crippen molar-refractivity contribution in [1.29, 1.82) is 0 Å². The number of hydrogen-bond acceptors (Lipinski definition) is 4. The van der Waals surface area contributed by atoms with E-state index in [0.717, 1.165) is 44.6 Å². The van der Waals surface area contributed by atoms with E-state index in [1.807, 2.05) is 0 Å². The van der Waals surface area contributed by atoms with E-state index in [1.165, 1.54) is 75.5 Å². The standard InChI is InChI=1S/C37H50O4/c1-3-4-8-13-30-16-18-33(19-17-30)37(24-22-32(23-25-37)31-14-9-7-10-15-31)41-27-12-6-5-11-26-40-34-20-21-35(29(2)38)36(39)28-34/h7,9-10,14-15,20-24,28,30,33,39H,3-6,8,11-13,16-19,25-27H2,1-2H3. The lowest BCUT2D eigenvalue weighted by atomic mass is 9.69. The predicted octanol–water partition coefficient (Wildman–Crippen LogP) is 9.72. The molecule has 1 saturated carbocycles. The number of ketones is 1. The van der Waals surface area contributed by atoms with Gasteiger partial charge in [0.25, 0.3) is 0 Å². The maximum atomic E-state index is 11.5. The number of carbonyl (C=O) groups excluding carboxylic acids is 1. The second-order valence-electron chi connectivity index (χ2n) is 12.1. The fourth-order valence-electron chi connectivity index (χ4n) is 6.54. The first-order valence-electron chi connectivity index (χ1n) is 16.1. The normalized spacial score (nSPS) is 22.3. The first kappa shape index (κ1) is 31.1. The van der Waals surface area contributed by atoms with Gasteiger partial charge >= 0.3 is 0 Å². The second-order valence-corrected chi connectivity index (χ2v) is 12.1. The Kier molecular flexibility index (Phi) is 12.1. The lowest BCUT2D eigenvalue weighted by molar-refractivity contribution is -0.0648. The zero-order valence-corrected chi connectivity index (χ0v) is 25.3. The van der Waals surface area contributed by atoms with Gasteiger partial charge in [0.2, 0.25) is 0 Å². The van der Waals surface area contributed by atoms with Crippen molar-refractivity contribution in [2.75, 3.05) is 13.2 Å². The van der Waals surface area contributed by atoms with Crippen molar-refractivity contribution < 1.29 is 19.4 Å². The molecular formula is C37H50O4. The molecule has 4 rings (SSSR count). The molecule has 2 aliphatic carbocycles. The van der Waals surface area contributed by atoms with E-state index in [-0.39, 0.29) is 17.1 Å². The van der Waals surface area contributed by atoms with Crippen molar-refractivity contribution in [2.24, 2.45) is 11.8 Å². The molecule has 2 aromatic carbocycles. The Bertz CT molecular complexity index is 1140. The highest BCUT2D eigenvalue weighted by molar-refractivity contribution is 5.96. The van der Waals surface area contributed by atoms with Gasteiger partial charge in [0.05, 0.1) is 17.8 Å². The highest BCUT2D eigenvalue weighted by atomic mass is 16.5. The molecule has 2 aliphatic rings. The maximum absolute atomic E-state index is 11.5. The number of Topliss-reactive ketones (excluding diaryl/α,β-unsaturated/α-hetero) is 1. The molecule has 0 aliphatic heterocycles. The number of benzene rings is 2. The molecule has 1 atom stereocenters. The third-order valence-corrected chi connectivity index (χ3v) is 9.07. The molecule has 2 aromatic rings. The molecule has 0 bridgehead atoms. The fraction of sp³-hybridized carbons (Fsp3) is 0.541. The zero-order valence-electron chi connectivity index (χ0n) is 25.3. The summed E-state index contributed by atoms with van der Waals surface area (Å²) in [5.74, 6) is 1.92. The maximum Gasteiger partial charge on any atom is 0.163 e. The van der Waals surface area contributed by atoms with E-state index in [0.29, 0.717) is 23.8 Å². The van der Waals surface area contributed by atoms with E-state index < -0.39 is 0 Å². The van der Waals surface area contributed by atoms with Gasteiger partial charge < -0.3 is 14.6 Å². The molecule has 222 valence electrons. The van der Waals surface area contributed by atoms with Crippen LogP contribution in [-0.4, -0.2) is 29.7 Å². The minimum absolute atomic E-state index is 0.0199. The Labute approximate surface area is 247 Å². The van der Waals surface area contributed by atoms with Crippen LogP contribution < -0.4 is 4.74 Å². The van der Waals surface area contributed by atoms with E-state index in [4.69, 9.17) is 9.47 Å². The second kappa shape index (κ2) is 16.0. The van der Waals surface area contributed by atoms with Crippen LogP contribution >= 0.6 is 0 Å². The average molecular weight is 559 g/mol. The molecule has 0 saturated heterocycles. The van der Waals surface area contributed by atoms with Gasteiger partial charge in [0.1, 0.15) is 11.5 Å². The summed E-state index contributed by atoms with van der Waals surface area (Å²) in [5.41, 5.74) is 2.74. The predicted molar refractivity (Wildman–Crippen MR) is 169 cm³/mol. The third-order valence-electron chi connectivity index (χ3n) is 9.07. The summed E-state index contributed by atoms with van der Waals surface area (Å²) in [6.07, 6.45) is 22.9. The van der Waals surface area contributed by atoms with Gasteiger partial charge in [0.15, 0.2) is 5.78 Å². The van der Waals surface area contributed by atoms with Crippen LogP contribution in [-0.2, 0) is 4.74 Å². The van der Waals surface area contributed by atoms with Gasteiger partial charge in [-0.05, 0) is 80.6 Å². The van der Waals surface area contributed by atoms with E-state index >= 15 is 0 Å². The smallest absolute Gasteiger partial charge is 0.163 e. The monoisotopic (exact) mass is 558 g/mol. The first-order chi connectivity index (χ1) is 20.0. The van der Waals surface area contributed by atoms with Gasteiger partial charge in [-0.1, -0.05) is 100 Å². The Morgan fingerprint density at radius 1 is 0.927 bits per heavy atom. The van der Waals surface area contributed by atoms with E-state index in [2.05, 4.69) is 55.5 Å². The molecule has 1 fully saturated rings. The van der Waals surface area contributed by atoms with Crippen LogP contribution in [0.1, 0.15) is 113 Å². The molecule has 0 amide bonds. The quantitative estimate of drug-likeness (QED) is 0.165. The van der Waals surface area contributed by atoms with Crippen LogP contribution in [0, 0.1) is 11.8 Å². The Morgan fingerprint density at radius 2 is 1.68 bits per heavy atom. The highest BCUT2D eigenvalue weighted by Crippen LogP contribution is 2.44. The van der Waals surface area contributed by atoms with Crippen LogP contribution in [0.5, 0.6) is 11.5 Å². The van der Waals surface area contributed by atoms with Crippen LogP contribution in [0.4, 0.5) is 0 Å². The molecule has 4 heteroatoms. The number of rotatable bonds is 16. The molecule has 1 N–H and O–H groups in total. The van der Waals surface area contributed by atoms with Gasteiger partial charge in [-0.25, -0.2) is 0 Å². The van der Waals surface area contributed by atoms with Gasteiger partial charge in [-0.2, -0.15) is 0 Å². The molecule has 1 unspecified atom stereocenters. The van der Waals surface area contributed by atoms with Crippen molar-refractivity contribution in [3.8, 4) is 11.5 Å². The van der Waals surface area contributed by atoms with Crippen molar-refractivity contribution >= 4 is 11.4 Å². The fourth-order valence-corrected chi connectivity index (χ4v) is 6.54. The largest absolute Gasteiger partial charge is 0.507 e. The highest BCUT2D eigenvalue weighted by Gasteiger charge is 2.40. The number of allylic oxidation sites excluding steroid dienone is 2. The van der Waals surface area contributed by atoms with Crippen molar-refractivity contribution in [3.05, 3.63) is 77.9 Å². The molecule has 41 heavy (non-hydrogen) atoms. The Morgan fingerprint density at radius 3 is 2.34 bits per heavy atom. The molecular weight excluding hydrogens is 508 g/mol. The average Bonchev–Trinajstić information content (AvgIpc) is 2.99. The number of ether oxygens (including phenoxy) is 2. The molecule has 0 radical (unpaired) electrons. The van der Waals surface area contributed by atoms with Crippen LogP contribution in [0.3, 0.4) is 0 Å². The number of carbonyl (C=O) groups is 1. The van der Waals surface area contributed by atoms with E-state index in [9.17, 15) is 9.90 Å². The minimum atomic E-state index is -0.177. The number of unbranched alkanes of at least 4 members (excludes halogenated alkanes) is 5. The number of hydrogen-bond donors (Lipinski definition) is 1. The summed E-state index contributed by atoms with van der Waals surface area (Å²) < 4.78 is 12.6. The third kappa shape index (κ3) is 9.07. The van der Waals surface area contributed by atoms with Crippen LogP contribution in [0.15, 0.2) is 66.8 Å². The lowest BCUT2D eigenvalue weighted by Crippen LogP contribution is -2.42. The summed E-state index contributed by atoms with van der Waals surface area (Å²) in [5, 5.41) is 9.99. The Balaban J connectivity index is 1.23. The van der Waals surface area contributed by atoms with Crippen molar-refractivity contribution in [3.63, 3.8) is 0 Å². The summed E-state index contributed by atoms with van der Waals surface area (Å²) in [7, 11) is 0.